The van der Waals surface area contributed by atoms with Crippen LogP contribution in [0, 0.1) is 0 Å². The Morgan fingerprint density at radius 1 is 0.286 bits per heavy atom. The number of benzene rings is 11. The van der Waals surface area contributed by atoms with Crippen molar-refractivity contribution in [2.75, 3.05) is 9.80 Å². The molecule has 4 fully saturated rings. The SMILES string of the molecule is c1ccc(C2(c3ccccc3)c3cc(N(c4ccc(C5CCCC5)cc4)c4cccc5c4oc4c(C6CCCCC6)cccc45)ccc3-c3c2cc(N(c2ccc(C4CCCC4)cc2)c2cccc4c2oc2c(C5CCCCC5)cccc24)c2ccccc32)cc1. The molecule has 4 saturated carbocycles. The minimum atomic E-state index is -0.765. The second-order valence-electron chi connectivity index (χ2n) is 27.5. The Balaban J connectivity index is 0.890. The molecule has 4 heteroatoms. The monoisotopic (exact) mass is 1180 g/mol. The standard InChI is InChI=1S/C87H78N2O2/c1-5-27-61(28-6-1)68-37-19-39-72-74-41-21-43-79(85(74)90-83(68)72)88(65-49-45-59(46-50-65)57-23-13-14-24-57)67-53-54-76-77(55-67)87(63-31-9-3-10-32-63,64-33-11-4-12-34-64)78-56-81(70-35-17-18-36-71(70)82(76)78)89(66-51-47-60(48-52-66)58-25-15-16-26-58)80-44-22-42-75-73-40-20-38-69(84(73)91-86(75)80)62-29-7-2-8-30-62/h3-4,9-12,17-22,31-58,61-62H,1-2,5-8,13-16,23-30H2. The van der Waals surface area contributed by atoms with Crippen LogP contribution in [0.2, 0.25) is 0 Å². The van der Waals surface area contributed by atoms with Gasteiger partial charge in [0.15, 0.2) is 11.2 Å². The van der Waals surface area contributed by atoms with Gasteiger partial charge in [-0.2, -0.15) is 0 Å². The zero-order valence-corrected chi connectivity index (χ0v) is 52.2. The first kappa shape index (κ1) is 54.8. The summed E-state index contributed by atoms with van der Waals surface area (Å²) in [5.74, 6) is 2.21. The van der Waals surface area contributed by atoms with E-state index in [4.69, 9.17) is 8.83 Å². The average molecular weight is 1180 g/mol. The van der Waals surface area contributed by atoms with E-state index in [0.29, 0.717) is 23.7 Å². The van der Waals surface area contributed by atoms with Crippen LogP contribution in [0.15, 0.2) is 239 Å². The van der Waals surface area contributed by atoms with Crippen molar-refractivity contribution in [2.24, 2.45) is 0 Å². The Morgan fingerprint density at radius 2 is 0.692 bits per heavy atom. The molecule has 2 aromatic heterocycles. The third-order valence-corrected chi connectivity index (χ3v) is 22.6. The third-order valence-electron chi connectivity index (χ3n) is 22.6. The first-order valence-corrected chi connectivity index (χ1v) is 34.7. The van der Waals surface area contributed by atoms with Gasteiger partial charge in [0.25, 0.3) is 0 Å². The summed E-state index contributed by atoms with van der Waals surface area (Å²) >= 11 is 0. The highest BCUT2D eigenvalue weighted by molar-refractivity contribution is 6.16. The second kappa shape index (κ2) is 22.7. The second-order valence-corrected chi connectivity index (χ2v) is 27.5. The van der Waals surface area contributed by atoms with Crippen LogP contribution in [0.4, 0.5) is 34.1 Å². The lowest BCUT2D eigenvalue weighted by Crippen LogP contribution is -2.29. The van der Waals surface area contributed by atoms with E-state index in [-0.39, 0.29) is 0 Å². The van der Waals surface area contributed by atoms with Gasteiger partial charge in [-0.05, 0) is 191 Å². The van der Waals surface area contributed by atoms with E-state index in [2.05, 4.69) is 240 Å². The maximum absolute atomic E-state index is 7.50. The number of rotatable bonds is 12. The van der Waals surface area contributed by atoms with Crippen molar-refractivity contribution in [3.63, 3.8) is 0 Å². The van der Waals surface area contributed by atoms with E-state index in [1.54, 1.807) is 0 Å². The molecule has 0 bridgehead atoms. The van der Waals surface area contributed by atoms with Crippen molar-refractivity contribution in [3.05, 3.63) is 275 Å². The first-order chi connectivity index (χ1) is 45.2. The number of hydrogen-bond donors (Lipinski definition) is 0. The molecule has 0 saturated heterocycles. The fraction of sp³-hybridized carbons (Fsp3) is 0.264. The third kappa shape index (κ3) is 8.97. The maximum atomic E-state index is 7.50. The molecular formula is C87H78N2O2. The Bertz CT molecular complexity index is 4820. The van der Waals surface area contributed by atoms with Gasteiger partial charge in [-0.15, -0.1) is 0 Å². The van der Waals surface area contributed by atoms with Crippen molar-refractivity contribution in [2.45, 2.75) is 145 Å². The van der Waals surface area contributed by atoms with Crippen molar-refractivity contribution < 1.29 is 8.83 Å². The number of para-hydroxylation sites is 4. The predicted molar refractivity (Wildman–Crippen MR) is 379 cm³/mol. The van der Waals surface area contributed by atoms with E-state index < -0.39 is 5.41 Å². The lowest BCUT2D eigenvalue weighted by molar-refractivity contribution is 0.442. The van der Waals surface area contributed by atoms with Crippen LogP contribution < -0.4 is 9.80 Å². The van der Waals surface area contributed by atoms with Crippen molar-refractivity contribution in [3.8, 4) is 11.1 Å². The lowest BCUT2D eigenvalue weighted by atomic mass is 9.67. The zero-order chi connectivity index (χ0) is 60.0. The molecule has 0 N–H and O–H groups in total. The number of anilines is 6. The van der Waals surface area contributed by atoms with Gasteiger partial charge in [0.1, 0.15) is 11.2 Å². The van der Waals surface area contributed by atoms with Gasteiger partial charge >= 0.3 is 0 Å². The van der Waals surface area contributed by atoms with Crippen LogP contribution in [-0.2, 0) is 5.41 Å². The minimum Gasteiger partial charge on any atom is -0.454 e. The number of fused-ring (bicyclic) bond motifs is 11. The van der Waals surface area contributed by atoms with E-state index in [1.165, 1.54) is 193 Å². The normalized spacial score (nSPS) is 17.2. The van der Waals surface area contributed by atoms with Crippen LogP contribution in [-0.4, -0.2) is 0 Å². The van der Waals surface area contributed by atoms with Crippen LogP contribution in [0.3, 0.4) is 0 Å². The molecule has 448 valence electrons. The molecule has 2 heterocycles. The summed E-state index contributed by atoms with van der Waals surface area (Å²) in [5.41, 5.74) is 22.8. The molecule has 5 aliphatic carbocycles. The number of nitrogens with zero attached hydrogens (tertiary/aromatic N) is 2. The molecule has 0 amide bonds. The van der Waals surface area contributed by atoms with E-state index in [1.807, 2.05) is 0 Å². The van der Waals surface area contributed by atoms with Gasteiger partial charge in [-0.3, -0.25) is 0 Å². The van der Waals surface area contributed by atoms with Gasteiger partial charge in [0, 0.05) is 44.0 Å². The molecule has 0 spiro atoms. The number of hydrogen-bond acceptors (Lipinski definition) is 4. The quantitative estimate of drug-likeness (QED) is 0.122. The zero-order valence-electron chi connectivity index (χ0n) is 52.2. The van der Waals surface area contributed by atoms with Gasteiger partial charge in [0.2, 0.25) is 0 Å². The molecule has 0 radical (unpaired) electrons. The van der Waals surface area contributed by atoms with E-state index in [9.17, 15) is 0 Å². The summed E-state index contributed by atoms with van der Waals surface area (Å²) in [4.78, 5) is 5.08. The predicted octanol–water partition coefficient (Wildman–Crippen LogP) is 25.4. The van der Waals surface area contributed by atoms with Crippen molar-refractivity contribution in [1.82, 2.24) is 0 Å². The smallest absolute Gasteiger partial charge is 0.159 e. The largest absolute Gasteiger partial charge is 0.454 e. The van der Waals surface area contributed by atoms with Crippen LogP contribution >= 0.6 is 0 Å². The molecule has 91 heavy (non-hydrogen) atoms. The lowest BCUT2D eigenvalue weighted by Gasteiger charge is -2.36. The summed E-state index contributed by atoms with van der Waals surface area (Å²) in [7, 11) is 0. The van der Waals surface area contributed by atoms with Crippen LogP contribution in [0.1, 0.15) is 184 Å². The molecule has 5 aliphatic rings. The Kier molecular flexibility index (Phi) is 13.6. The average Bonchev–Trinajstić information content (AvgIpc) is 1.52. The van der Waals surface area contributed by atoms with Crippen molar-refractivity contribution >= 4 is 88.8 Å². The summed E-state index contributed by atoms with van der Waals surface area (Å²) in [6, 6.07) is 88.9. The summed E-state index contributed by atoms with van der Waals surface area (Å²) < 4.78 is 14.9. The van der Waals surface area contributed by atoms with E-state index >= 15 is 0 Å². The summed E-state index contributed by atoms with van der Waals surface area (Å²) in [6.45, 7) is 0. The Morgan fingerprint density at radius 3 is 1.21 bits per heavy atom. The summed E-state index contributed by atoms with van der Waals surface area (Å²) in [5, 5.41) is 7.14. The fourth-order valence-electron chi connectivity index (χ4n) is 18.3. The highest BCUT2D eigenvalue weighted by atomic mass is 16.3. The Hall–Kier alpha value is -9.12. The topological polar surface area (TPSA) is 32.8 Å². The van der Waals surface area contributed by atoms with Gasteiger partial charge in [-0.1, -0.05) is 240 Å². The van der Waals surface area contributed by atoms with Gasteiger partial charge < -0.3 is 18.6 Å². The van der Waals surface area contributed by atoms with E-state index in [0.717, 1.165) is 67.2 Å². The molecule has 0 unspecified atom stereocenters. The highest BCUT2D eigenvalue weighted by Gasteiger charge is 2.48. The minimum absolute atomic E-state index is 0.500. The first-order valence-electron chi connectivity index (χ1n) is 34.7. The van der Waals surface area contributed by atoms with Crippen LogP contribution in [0.25, 0.3) is 65.8 Å². The molecule has 0 aliphatic heterocycles. The molecular weight excluding hydrogens is 1100 g/mol. The number of furan rings is 2. The molecule has 11 aromatic carbocycles. The Labute approximate surface area is 535 Å². The molecule has 4 nitrogen and oxygen atoms in total. The molecule has 0 atom stereocenters. The highest BCUT2D eigenvalue weighted by Crippen LogP contribution is 2.62. The van der Waals surface area contributed by atoms with Gasteiger partial charge in [0.05, 0.1) is 22.5 Å². The summed E-state index contributed by atoms with van der Waals surface area (Å²) in [6.07, 6.45) is 22.8. The molecule has 18 rings (SSSR count). The maximum Gasteiger partial charge on any atom is 0.159 e. The van der Waals surface area contributed by atoms with Crippen molar-refractivity contribution in [1.29, 1.82) is 0 Å². The molecule has 13 aromatic rings. The van der Waals surface area contributed by atoms with Crippen LogP contribution in [0.5, 0.6) is 0 Å². The fourth-order valence-corrected chi connectivity index (χ4v) is 18.3. The van der Waals surface area contributed by atoms with Gasteiger partial charge in [-0.25, -0.2) is 0 Å².